The highest BCUT2D eigenvalue weighted by Crippen LogP contribution is 2.25. The van der Waals surface area contributed by atoms with Gasteiger partial charge in [-0.3, -0.25) is 9.69 Å². The number of hydrogen-bond acceptors (Lipinski definition) is 5. The lowest BCUT2D eigenvalue weighted by Crippen LogP contribution is -2.53. The topological polar surface area (TPSA) is 61.6 Å². The molecule has 1 atom stereocenters. The molecule has 2 aromatic rings. The lowest BCUT2D eigenvalue weighted by molar-refractivity contribution is -0.120. The first-order chi connectivity index (χ1) is 11.9. The van der Waals surface area contributed by atoms with Crippen LogP contribution in [0.1, 0.15) is 18.2 Å². The maximum absolute atomic E-state index is 12.4. The normalized spacial score (nSPS) is 16.7. The van der Waals surface area contributed by atoms with Gasteiger partial charge in [-0.25, -0.2) is 0 Å². The van der Waals surface area contributed by atoms with E-state index in [1.165, 1.54) is 11.3 Å². The second-order valence-electron chi connectivity index (χ2n) is 6.44. The fourth-order valence-electron chi connectivity index (χ4n) is 3.10. The number of carbonyl (C=O) groups is 1. The predicted molar refractivity (Wildman–Crippen MR) is 99.3 cm³/mol. The number of anilines is 2. The average Bonchev–Trinajstić information content (AvgIpc) is 3.01. The summed E-state index contributed by atoms with van der Waals surface area (Å²) in [4.78, 5) is 16.9. The van der Waals surface area contributed by atoms with E-state index >= 15 is 0 Å². The molecular formula is C18H23ClN4O2. The second kappa shape index (κ2) is 7.45. The molecule has 0 radical (unpaired) electrons. The molecule has 1 N–H and O–H groups in total. The first-order valence-corrected chi connectivity index (χ1v) is 8.81. The van der Waals surface area contributed by atoms with Gasteiger partial charge in [0.1, 0.15) is 5.76 Å². The van der Waals surface area contributed by atoms with Crippen LogP contribution in [-0.4, -0.2) is 48.2 Å². The summed E-state index contributed by atoms with van der Waals surface area (Å²) in [5, 5.41) is 7.36. The van der Waals surface area contributed by atoms with Gasteiger partial charge in [-0.1, -0.05) is 22.8 Å². The second-order valence-corrected chi connectivity index (χ2v) is 6.88. The molecule has 1 fully saturated rings. The van der Waals surface area contributed by atoms with Crippen LogP contribution in [0.4, 0.5) is 11.5 Å². The lowest BCUT2D eigenvalue weighted by atomic mass is 10.1. The standard InChI is InChI=1S/C18H23ClN4O2/c1-12-4-5-15(19)11-16(12)23-8-6-22(7-9-23)14(3)18(24)20-17-10-13(2)25-21-17/h4-5,10-11,14H,6-9H2,1-3H3,(H,20,21,24)/t14-/m1/s1. The van der Waals surface area contributed by atoms with Crippen molar-refractivity contribution in [2.45, 2.75) is 26.8 Å². The molecule has 0 spiro atoms. The van der Waals surface area contributed by atoms with E-state index in [4.69, 9.17) is 16.1 Å². The van der Waals surface area contributed by atoms with E-state index in [9.17, 15) is 4.79 Å². The first-order valence-electron chi connectivity index (χ1n) is 8.43. The molecule has 134 valence electrons. The zero-order valence-corrected chi connectivity index (χ0v) is 15.5. The maximum Gasteiger partial charge on any atom is 0.242 e. The fourth-order valence-corrected chi connectivity index (χ4v) is 3.26. The van der Waals surface area contributed by atoms with Gasteiger partial charge in [0.2, 0.25) is 5.91 Å². The molecule has 25 heavy (non-hydrogen) atoms. The summed E-state index contributed by atoms with van der Waals surface area (Å²) in [6.45, 7) is 9.17. The number of nitrogens with zero attached hydrogens (tertiary/aromatic N) is 3. The van der Waals surface area contributed by atoms with Crippen molar-refractivity contribution in [2.75, 3.05) is 36.4 Å². The Bertz CT molecular complexity index is 753. The van der Waals surface area contributed by atoms with Crippen LogP contribution in [0, 0.1) is 13.8 Å². The lowest BCUT2D eigenvalue weighted by Gasteiger charge is -2.39. The molecule has 0 unspecified atom stereocenters. The number of piperazine rings is 1. The van der Waals surface area contributed by atoms with Crippen molar-refractivity contribution in [3.8, 4) is 0 Å². The number of carbonyl (C=O) groups excluding carboxylic acids is 1. The number of amides is 1. The van der Waals surface area contributed by atoms with E-state index in [1.807, 2.05) is 25.1 Å². The van der Waals surface area contributed by atoms with Crippen molar-refractivity contribution in [1.82, 2.24) is 10.1 Å². The van der Waals surface area contributed by atoms with E-state index in [0.29, 0.717) is 11.6 Å². The molecule has 0 bridgehead atoms. The zero-order valence-electron chi connectivity index (χ0n) is 14.8. The summed E-state index contributed by atoms with van der Waals surface area (Å²) in [6.07, 6.45) is 0. The quantitative estimate of drug-likeness (QED) is 0.905. The Kier molecular flexibility index (Phi) is 5.30. The summed E-state index contributed by atoms with van der Waals surface area (Å²) in [5.41, 5.74) is 2.38. The summed E-state index contributed by atoms with van der Waals surface area (Å²) < 4.78 is 4.98. The molecule has 0 aliphatic carbocycles. The van der Waals surface area contributed by atoms with Crippen molar-refractivity contribution in [2.24, 2.45) is 0 Å². The first kappa shape index (κ1) is 17.8. The highest BCUT2D eigenvalue weighted by molar-refractivity contribution is 6.30. The van der Waals surface area contributed by atoms with Crippen LogP contribution in [0.2, 0.25) is 5.02 Å². The third-order valence-electron chi connectivity index (χ3n) is 4.63. The smallest absolute Gasteiger partial charge is 0.242 e. The van der Waals surface area contributed by atoms with Gasteiger partial charge in [0.05, 0.1) is 6.04 Å². The van der Waals surface area contributed by atoms with Crippen LogP contribution < -0.4 is 10.2 Å². The number of nitrogens with one attached hydrogen (secondary N) is 1. The van der Waals surface area contributed by atoms with Crippen LogP contribution in [0.5, 0.6) is 0 Å². The van der Waals surface area contributed by atoms with E-state index in [0.717, 1.165) is 31.2 Å². The summed E-state index contributed by atoms with van der Waals surface area (Å²) >= 11 is 6.13. The number of rotatable bonds is 4. The van der Waals surface area contributed by atoms with Crippen LogP contribution in [-0.2, 0) is 4.79 Å². The van der Waals surface area contributed by atoms with Gasteiger partial charge in [-0.15, -0.1) is 0 Å². The molecule has 3 rings (SSSR count). The van der Waals surface area contributed by atoms with Gasteiger partial charge in [0.15, 0.2) is 5.82 Å². The molecule has 1 aromatic heterocycles. The zero-order chi connectivity index (χ0) is 18.0. The number of halogens is 1. The highest BCUT2D eigenvalue weighted by atomic mass is 35.5. The molecule has 1 aliphatic heterocycles. The van der Waals surface area contributed by atoms with Gasteiger partial charge in [-0.05, 0) is 38.5 Å². The van der Waals surface area contributed by atoms with Crippen LogP contribution in [0.25, 0.3) is 0 Å². The minimum Gasteiger partial charge on any atom is -0.369 e. The third-order valence-corrected chi connectivity index (χ3v) is 4.87. The van der Waals surface area contributed by atoms with E-state index in [1.54, 1.807) is 13.0 Å². The fraction of sp³-hybridized carbons (Fsp3) is 0.444. The van der Waals surface area contributed by atoms with Crippen molar-refractivity contribution >= 4 is 29.0 Å². The summed E-state index contributed by atoms with van der Waals surface area (Å²) in [5.74, 6) is 1.07. The number of aryl methyl sites for hydroxylation is 2. The van der Waals surface area contributed by atoms with Crippen LogP contribution in [0.15, 0.2) is 28.8 Å². The Morgan fingerprint density at radius 1 is 1.24 bits per heavy atom. The Morgan fingerprint density at radius 2 is 1.96 bits per heavy atom. The molecule has 1 aliphatic rings. The largest absolute Gasteiger partial charge is 0.369 e. The molecule has 0 saturated carbocycles. The summed E-state index contributed by atoms with van der Waals surface area (Å²) in [7, 11) is 0. The van der Waals surface area contributed by atoms with Crippen molar-refractivity contribution in [3.05, 3.63) is 40.6 Å². The summed E-state index contributed by atoms with van der Waals surface area (Å²) in [6, 6.07) is 7.45. The van der Waals surface area contributed by atoms with E-state index in [2.05, 4.69) is 27.2 Å². The van der Waals surface area contributed by atoms with Crippen molar-refractivity contribution in [3.63, 3.8) is 0 Å². The highest BCUT2D eigenvalue weighted by Gasteiger charge is 2.26. The minimum atomic E-state index is -0.223. The Morgan fingerprint density at radius 3 is 2.60 bits per heavy atom. The van der Waals surface area contributed by atoms with Gasteiger partial charge in [0, 0.05) is 43.0 Å². The minimum absolute atomic E-state index is 0.0688. The molecule has 7 heteroatoms. The Hall–Kier alpha value is -2.05. The SMILES string of the molecule is Cc1cc(NC(=O)[C@@H](C)N2CCN(c3cc(Cl)ccc3C)CC2)no1. The third kappa shape index (κ3) is 4.14. The van der Waals surface area contributed by atoms with Gasteiger partial charge >= 0.3 is 0 Å². The van der Waals surface area contributed by atoms with Gasteiger partial charge in [0.25, 0.3) is 0 Å². The number of aromatic nitrogens is 1. The number of benzene rings is 1. The van der Waals surface area contributed by atoms with E-state index in [-0.39, 0.29) is 11.9 Å². The monoisotopic (exact) mass is 362 g/mol. The molecule has 1 amide bonds. The average molecular weight is 363 g/mol. The van der Waals surface area contributed by atoms with Crippen LogP contribution >= 0.6 is 11.6 Å². The van der Waals surface area contributed by atoms with Crippen molar-refractivity contribution < 1.29 is 9.32 Å². The maximum atomic E-state index is 12.4. The van der Waals surface area contributed by atoms with Gasteiger partial charge < -0.3 is 14.7 Å². The number of hydrogen-bond donors (Lipinski definition) is 1. The van der Waals surface area contributed by atoms with Gasteiger partial charge in [-0.2, -0.15) is 0 Å². The molecule has 1 aromatic carbocycles. The molecule has 2 heterocycles. The molecular weight excluding hydrogens is 340 g/mol. The molecule has 1 saturated heterocycles. The predicted octanol–water partition coefficient (Wildman–Crippen LogP) is 3.09. The molecule has 6 nitrogen and oxygen atoms in total. The Balaban J connectivity index is 1.57. The van der Waals surface area contributed by atoms with Crippen LogP contribution in [0.3, 0.4) is 0 Å². The van der Waals surface area contributed by atoms with Crippen molar-refractivity contribution in [1.29, 1.82) is 0 Å². The van der Waals surface area contributed by atoms with E-state index < -0.39 is 0 Å². The Labute approximate surface area is 152 Å².